The summed E-state index contributed by atoms with van der Waals surface area (Å²) in [5.41, 5.74) is 25.1. The van der Waals surface area contributed by atoms with E-state index < -0.39 is 47.3 Å². The summed E-state index contributed by atoms with van der Waals surface area (Å²) in [4.78, 5) is 54.6. The van der Waals surface area contributed by atoms with Crippen LogP contribution in [-0.4, -0.2) is 90.3 Å². The number of aliphatic hydroxyl groups excluding tert-OH is 1. The van der Waals surface area contributed by atoms with Crippen LogP contribution in [0.3, 0.4) is 0 Å². The average molecular weight is 699 g/mol. The van der Waals surface area contributed by atoms with Gasteiger partial charge in [-0.3, -0.25) is 19.2 Å². The van der Waals surface area contributed by atoms with Gasteiger partial charge in [0.25, 0.3) is 0 Å². The Hall–Kier alpha value is -3.82. The first-order valence-corrected chi connectivity index (χ1v) is 17.8. The molecule has 1 aromatic carbocycles. The van der Waals surface area contributed by atoms with Crippen LogP contribution in [0.2, 0.25) is 0 Å². The first-order valence-electron chi connectivity index (χ1n) is 17.8. The number of carbonyl (C=O) groups excluding carboxylic acids is 4. The summed E-state index contributed by atoms with van der Waals surface area (Å²) >= 11 is 0. The summed E-state index contributed by atoms with van der Waals surface area (Å²) < 4.78 is 0. The van der Waals surface area contributed by atoms with Crippen LogP contribution >= 0.6 is 0 Å². The number of benzene rings is 1. The molecule has 1 aromatic rings. The number of amides is 4. The van der Waals surface area contributed by atoms with Gasteiger partial charge in [-0.15, -0.1) is 0 Å². The molecule has 50 heavy (non-hydrogen) atoms. The molecule has 14 nitrogen and oxygen atoms in total. The first kappa shape index (κ1) is 40.6. The molecule has 278 valence electrons. The number of rotatable bonds is 15. The van der Waals surface area contributed by atoms with E-state index in [-0.39, 0.29) is 56.0 Å². The number of phenols is 1. The van der Waals surface area contributed by atoms with E-state index in [1.807, 2.05) is 26.0 Å². The lowest BCUT2D eigenvalue weighted by molar-refractivity contribution is -0.134. The van der Waals surface area contributed by atoms with Gasteiger partial charge in [-0.2, -0.15) is 0 Å². The summed E-state index contributed by atoms with van der Waals surface area (Å²) in [6.45, 7) is 4.90. The van der Waals surface area contributed by atoms with Crippen LogP contribution in [0, 0.1) is 11.3 Å². The molecule has 14 heteroatoms. The van der Waals surface area contributed by atoms with Gasteiger partial charge in [0, 0.05) is 19.0 Å². The minimum absolute atomic E-state index is 0.00566. The highest BCUT2D eigenvalue weighted by Gasteiger charge is 2.38. The molecule has 0 saturated heterocycles. The van der Waals surface area contributed by atoms with Crippen molar-refractivity contribution in [2.24, 2.45) is 34.3 Å². The lowest BCUT2D eigenvalue weighted by Gasteiger charge is -2.38. The maximum Gasteiger partial charge on any atom is 0.243 e. The number of carbonyl (C=O) groups is 4. The Morgan fingerprint density at radius 2 is 1.80 bits per heavy atom. The maximum atomic E-state index is 14.2. The number of hydrogen-bond acceptors (Lipinski definition) is 10. The highest BCUT2D eigenvalue weighted by Crippen LogP contribution is 2.42. The van der Waals surface area contributed by atoms with Crippen molar-refractivity contribution in [1.29, 1.82) is 0 Å². The van der Waals surface area contributed by atoms with Gasteiger partial charge in [-0.25, -0.2) is 0 Å². The molecule has 1 aliphatic carbocycles. The second-order valence-electron chi connectivity index (χ2n) is 13.9. The number of hydrogen-bond donors (Lipinski definition) is 10. The second-order valence-corrected chi connectivity index (χ2v) is 13.9. The quantitative estimate of drug-likeness (QED) is 0.108. The van der Waals surface area contributed by atoms with Crippen molar-refractivity contribution < 1.29 is 29.4 Å². The normalized spacial score (nSPS) is 25.2. The number of nitrogens with one attached hydrogen (secondary N) is 4. The molecule has 3 unspecified atom stereocenters. The second kappa shape index (κ2) is 19.5. The van der Waals surface area contributed by atoms with Crippen LogP contribution in [-0.2, 0) is 25.6 Å². The van der Waals surface area contributed by atoms with Crippen molar-refractivity contribution in [3.63, 3.8) is 0 Å². The molecule has 3 rings (SSSR count). The van der Waals surface area contributed by atoms with Crippen molar-refractivity contribution in [1.82, 2.24) is 21.3 Å². The predicted octanol–water partition coefficient (Wildman–Crippen LogP) is -0.200. The Morgan fingerprint density at radius 3 is 2.50 bits per heavy atom. The molecule has 4 bridgehead atoms. The summed E-state index contributed by atoms with van der Waals surface area (Å²) in [5.74, 6) is -2.10. The third-order valence-corrected chi connectivity index (χ3v) is 9.75. The van der Waals surface area contributed by atoms with Crippen molar-refractivity contribution in [2.75, 3.05) is 26.2 Å². The van der Waals surface area contributed by atoms with Crippen molar-refractivity contribution in [3.8, 4) is 5.75 Å². The van der Waals surface area contributed by atoms with Crippen molar-refractivity contribution >= 4 is 29.2 Å². The smallest absolute Gasteiger partial charge is 0.243 e. The molecule has 0 aromatic heterocycles. The Kier molecular flexibility index (Phi) is 15.9. The zero-order valence-corrected chi connectivity index (χ0v) is 29.5. The largest absolute Gasteiger partial charge is 0.508 e. The number of aromatic hydroxyl groups is 1. The van der Waals surface area contributed by atoms with Gasteiger partial charge < -0.3 is 54.4 Å². The lowest BCUT2D eigenvalue weighted by atomic mass is 9.69. The van der Waals surface area contributed by atoms with Gasteiger partial charge in [0.15, 0.2) is 0 Å². The SMILES string of the molecule is CC1C=CC2=CC1(C)CC(C(=O)N[C@@H](CCCN)C(=O)NCCCC[C@H](N)CO)NC(=O)[C@H](CCCN)NC(=O)[C@@H](N)Cc1cc2ccc1O. The van der Waals surface area contributed by atoms with Crippen LogP contribution in [0.25, 0.3) is 5.57 Å². The Bertz CT molecular complexity index is 1390. The molecule has 0 spiro atoms. The molecular formula is C36H58N8O6. The van der Waals surface area contributed by atoms with E-state index in [1.165, 1.54) is 0 Å². The zero-order chi connectivity index (χ0) is 36.8. The van der Waals surface area contributed by atoms with E-state index in [0.29, 0.717) is 50.8 Å². The molecule has 1 heterocycles. The molecular weight excluding hydrogens is 640 g/mol. The number of phenolic OH excluding ortho intramolecular Hbond substituents is 1. The maximum absolute atomic E-state index is 14.2. The Morgan fingerprint density at radius 1 is 1.06 bits per heavy atom. The van der Waals surface area contributed by atoms with E-state index in [0.717, 1.165) is 17.6 Å². The molecule has 1 aliphatic heterocycles. The molecule has 4 amide bonds. The van der Waals surface area contributed by atoms with Gasteiger partial charge in [0.05, 0.1) is 12.6 Å². The minimum Gasteiger partial charge on any atom is -0.508 e. The van der Waals surface area contributed by atoms with Crippen molar-refractivity contribution in [2.45, 2.75) is 102 Å². The van der Waals surface area contributed by atoms with Gasteiger partial charge in [-0.05, 0) is 98.2 Å². The Labute approximate surface area is 295 Å². The number of unbranched alkanes of at least 4 members (excludes halogenated alkanes) is 1. The molecule has 14 N–H and O–H groups in total. The van der Waals surface area contributed by atoms with Gasteiger partial charge in [-0.1, -0.05) is 44.6 Å². The Balaban J connectivity index is 1.96. The number of fused-ring (bicyclic) bond motifs is 4. The van der Waals surface area contributed by atoms with Crippen LogP contribution < -0.4 is 44.2 Å². The molecule has 0 fully saturated rings. The molecule has 7 atom stereocenters. The number of aliphatic hydroxyl groups is 1. The van der Waals surface area contributed by atoms with Gasteiger partial charge >= 0.3 is 0 Å². The van der Waals surface area contributed by atoms with Gasteiger partial charge in [0.2, 0.25) is 23.6 Å². The fourth-order valence-corrected chi connectivity index (χ4v) is 6.30. The van der Waals surface area contributed by atoms with Crippen molar-refractivity contribution in [3.05, 3.63) is 47.6 Å². The van der Waals surface area contributed by atoms with E-state index in [9.17, 15) is 24.3 Å². The standard InChI is InChI=1S/C36H58N8O6/c1-22-10-11-24-19-36(22,2)20-30(35(50)43-28(8-5-14-37)33(48)41-16-4-3-7-26(39)21-45)44-34(49)29(9-6-15-38)42-32(47)27(40)18-25-17-23(24)12-13-31(25)46/h10-13,17,19,22,26-30,45-46H,3-9,14-16,18,20-21,37-40H2,1-2H3,(H,41,48)(H,42,47)(H,43,50)(H,44,49)/t22?,26-,27-,28-,29-,30?,36?/m0/s1. The van der Waals surface area contributed by atoms with Crippen LogP contribution in [0.1, 0.15) is 76.3 Å². The van der Waals surface area contributed by atoms with Crippen LogP contribution in [0.5, 0.6) is 5.75 Å². The number of nitrogens with two attached hydrogens (primary N) is 4. The summed E-state index contributed by atoms with van der Waals surface area (Å²) in [6, 6.07) is 0.760. The molecule has 2 aliphatic rings. The third-order valence-electron chi connectivity index (χ3n) is 9.75. The first-order chi connectivity index (χ1) is 23.8. The highest BCUT2D eigenvalue weighted by molar-refractivity contribution is 5.95. The third kappa shape index (κ3) is 11.6. The number of allylic oxidation sites excluding steroid dienone is 4. The monoisotopic (exact) mass is 698 g/mol. The van der Waals surface area contributed by atoms with E-state index in [2.05, 4.69) is 27.3 Å². The highest BCUT2D eigenvalue weighted by atomic mass is 16.3. The van der Waals surface area contributed by atoms with Gasteiger partial charge in [0.1, 0.15) is 23.9 Å². The average Bonchev–Trinajstić information content (AvgIpc) is 3.09. The fraction of sp³-hybridized carbons (Fsp3) is 0.611. The predicted molar refractivity (Wildman–Crippen MR) is 193 cm³/mol. The molecule has 0 radical (unpaired) electrons. The summed E-state index contributed by atoms with van der Waals surface area (Å²) in [5, 5.41) is 31.1. The summed E-state index contributed by atoms with van der Waals surface area (Å²) in [6.07, 6.45) is 9.70. The summed E-state index contributed by atoms with van der Waals surface area (Å²) in [7, 11) is 0. The molecule has 0 saturated carbocycles. The van der Waals surface area contributed by atoms with E-state index in [4.69, 9.17) is 28.0 Å². The zero-order valence-electron chi connectivity index (χ0n) is 29.5. The fourth-order valence-electron chi connectivity index (χ4n) is 6.30. The van der Waals surface area contributed by atoms with Crippen LogP contribution in [0.15, 0.2) is 36.4 Å². The minimum atomic E-state index is -1.08. The lowest BCUT2D eigenvalue weighted by Crippen LogP contribution is -2.59. The van der Waals surface area contributed by atoms with E-state index in [1.54, 1.807) is 18.2 Å². The van der Waals surface area contributed by atoms with Crippen LogP contribution in [0.4, 0.5) is 0 Å². The topological polar surface area (TPSA) is 261 Å². The van der Waals surface area contributed by atoms with E-state index >= 15 is 0 Å².